The average molecular weight is 1090 g/mol. The third-order valence-electron chi connectivity index (χ3n) is 13.4. The maximum Gasteiger partial charge on any atom is 0.472 e. The number of hydrogen-bond acceptors (Lipinski definition) is 10. The monoisotopic (exact) mass is 1090 g/mol. The standard InChI is InChI=1S/C64H115O11P/c1-4-7-10-13-16-19-22-25-28-30-33-35-38-41-44-47-50-53-62(66)71-57-61(75-64(68)55-52-49-46-43-40-37-34-31-29-26-23-20-17-14-11-8-5-2)59-73-76(69,70)72-58-60(56-65)74-63(67)54-51-48-45-42-39-36-32-27-24-21-18-15-12-9-6-3/h8,11,17-18,20-21,26-27,29,32,60-61,65H,4-7,9-10,12-16,19,22-25,28,30-31,33-59H2,1-3H3,(H,69,70)/b11-8-,20-17-,21-18-,29-26-,32-27-. The summed E-state index contributed by atoms with van der Waals surface area (Å²) in [5.41, 5.74) is 0. The first kappa shape index (κ1) is 73.2. The largest absolute Gasteiger partial charge is 0.472 e. The third-order valence-corrected chi connectivity index (χ3v) is 14.4. The Bertz CT molecular complexity index is 1510. The van der Waals surface area contributed by atoms with Gasteiger partial charge >= 0.3 is 25.7 Å². The molecule has 3 unspecified atom stereocenters. The number of aliphatic hydroxyl groups is 1. The number of unbranched alkanes of at least 4 members (excludes halogenated alkanes) is 31. The fraction of sp³-hybridized carbons (Fsp3) is 0.797. The molecule has 0 amide bonds. The van der Waals surface area contributed by atoms with Crippen molar-refractivity contribution in [3.63, 3.8) is 0 Å². The van der Waals surface area contributed by atoms with Crippen molar-refractivity contribution in [1.29, 1.82) is 0 Å². The van der Waals surface area contributed by atoms with E-state index >= 15 is 0 Å². The van der Waals surface area contributed by atoms with Crippen LogP contribution in [0.2, 0.25) is 0 Å². The quantitative estimate of drug-likeness (QED) is 0.0197. The van der Waals surface area contributed by atoms with Crippen molar-refractivity contribution in [1.82, 2.24) is 0 Å². The summed E-state index contributed by atoms with van der Waals surface area (Å²) in [6.45, 7) is 4.53. The van der Waals surface area contributed by atoms with Crippen LogP contribution in [0.25, 0.3) is 0 Å². The van der Waals surface area contributed by atoms with Gasteiger partial charge in [-0.15, -0.1) is 0 Å². The number of rotatable bonds is 58. The highest BCUT2D eigenvalue weighted by Gasteiger charge is 2.28. The molecule has 0 fully saturated rings. The van der Waals surface area contributed by atoms with E-state index in [0.717, 1.165) is 122 Å². The Balaban J connectivity index is 4.71. The second-order valence-corrected chi connectivity index (χ2v) is 22.3. The number of phosphoric acid groups is 1. The summed E-state index contributed by atoms with van der Waals surface area (Å²) in [6.07, 6.45) is 64.5. The van der Waals surface area contributed by atoms with Crippen molar-refractivity contribution in [2.45, 2.75) is 303 Å². The summed E-state index contributed by atoms with van der Waals surface area (Å²) in [7, 11) is -4.76. The maximum atomic E-state index is 12.9. The number of phosphoric ester groups is 1. The van der Waals surface area contributed by atoms with Crippen LogP contribution in [-0.2, 0) is 42.2 Å². The number of hydrogen-bond donors (Lipinski definition) is 2. The number of carbonyl (C=O) groups excluding carboxylic acids is 3. The van der Waals surface area contributed by atoms with E-state index in [1.54, 1.807) is 0 Å². The van der Waals surface area contributed by atoms with Gasteiger partial charge in [-0.3, -0.25) is 23.4 Å². The zero-order valence-electron chi connectivity index (χ0n) is 49.0. The van der Waals surface area contributed by atoms with Crippen molar-refractivity contribution in [2.24, 2.45) is 0 Å². The van der Waals surface area contributed by atoms with Crippen molar-refractivity contribution >= 4 is 25.7 Å². The van der Waals surface area contributed by atoms with Crippen molar-refractivity contribution in [3.05, 3.63) is 60.8 Å². The number of aliphatic hydroxyl groups excluding tert-OH is 1. The summed E-state index contributed by atoms with van der Waals surface area (Å²) in [6, 6.07) is 0. The van der Waals surface area contributed by atoms with Gasteiger partial charge in [0.25, 0.3) is 0 Å². The topological polar surface area (TPSA) is 155 Å². The first-order valence-corrected chi connectivity index (χ1v) is 32.7. The molecule has 0 rings (SSSR count). The van der Waals surface area contributed by atoms with E-state index in [1.165, 1.54) is 109 Å². The molecular weight excluding hydrogens is 976 g/mol. The Morgan fingerprint density at radius 3 is 1.08 bits per heavy atom. The number of esters is 3. The van der Waals surface area contributed by atoms with Gasteiger partial charge in [0.1, 0.15) is 12.7 Å². The van der Waals surface area contributed by atoms with Gasteiger partial charge < -0.3 is 24.2 Å². The molecule has 0 aromatic carbocycles. The summed E-state index contributed by atoms with van der Waals surface area (Å²) in [5.74, 6) is -1.47. The molecule has 12 heteroatoms. The molecule has 0 radical (unpaired) electrons. The SMILES string of the molecule is CC/C=C\C/C=C\C/C=C\CCCCCCCCCC(=O)OC(COC(=O)CCCCCCCCCCCCCCCCCCC)COP(=O)(O)OCC(CO)OC(=O)CCCCCCC/C=C\C/C=C\CCCCC. The van der Waals surface area contributed by atoms with Gasteiger partial charge in [0.15, 0.2) is 6.10 Å². The van der Waals surface area contributed by atoms with E-state index in [9.17, 15) is 28.9 Å². The fourth-order valence-corrected chi connectivity index (χ4v) is 9.48. The lowest BCUT2D eigenvalue weighted by atomic mass is 10.0. The van der Waals surface area contributed by atoms with Gasteiger partial charge in [0.2, 0.25) is 0 Å². The smallest absolute Gasteiger partial charge is 0.462 e. The van der Waals surface area contributed by atoms with E-state index in [0.29, 0.717) is 19.3 Å². The molecule has 3 atom stereocenters. The number of ether oxygens (including phenoxy) is 3. The van der Waals surface area contributed by atoms with Crippen LogP contribution >= 0.6 is 7.82 Å². The lowest BCUT2D eigenvalue weighted by Crippen LogP contribution is -2.30. The molecule has 11 nitrogen and oxygen atoms in total. The van der Waals surface area contributed by atoms with Crippen LogP contribution in [0.5, 0.6) is 0 Å². The first-order valence-electron chi connectivity index (χ1n) is 31.2. The zero-order valence-corrected chi connectivity index (χ0v) is 49.9. The minimum absolute atomic E-state index is 0.157. The Morgan fingerprint density at radius 2 is 0.684 bits per heavy atom. The molecule has 0 aliphatic rings. The van der Waals surface area contributed by atoms with Crippen molar-refractivity contribution < 1.29 is 52.2 Å². The Morgan fingerprint density at radius 1 is 0.382 bits per heavy atom. The highest BCUT2D eigenvalue weighted by Crippen LogP contribution is 2.43. The average Bonchev–Trinajstić information content (AvgIpc) is 3.41. The van der Waals surface area contributed by atoms with Crippen LogP contribution in [0.1, 0.15) is 290 Å². The molecule has 0 aliphatic heterocycles. The molecule has 0 saturated carbocycles. The predicted molar refractivity (Wildman–Crippen MR) is 316 cm³/mol. The van der Waals surface area contributed by atoms with Crippen LogP contribution < -0.4 is 0 Å². The van der Waals surface area contributed by atoms with E-state index < -0.39 is 57.8 Å². The predicted octanol–water partition coefficient (Wildman–Crippen LogP) is 18.7. The number of allylic oxidation sites excluding steroid dienone is 10. The Kier molecular flexibility index (Phi) is 56.2. The van der Waals surface area contributed by atoms with E-state index in [4.69, 9.17) is 23.3 Å². The third kappa shape index (κ3) is 55.9. The summed E-state index contributed by atoms with van der Waals surface area (Å²) in [4.78, 5) is 48.7. The number of carbonyl (C=O) groups is 3. The molecule has 0 spiro atoms. The lowest BCUT2D eigenvalue weighted by molar-refractivity contribution is -0.161. The lowest BCUT2D eigenvalue weighted by Gasteiger charge is -2.21. The van der Waals surface area contributed by atoms with E-state index in [1.807, 2.05) is 0 Å². The molecule has 2 N–H and O–H groups in total. The first-order chi connectivity index (χ1) is 37.2. The van der Waals surface area contributed by atoms with E-state index in [2.05, 4.69) is 81.5 Å². The molecule has 76 heavy (non-hydrogen) atoms. The maximum absolute atomic E-state index is 12.9. The van der Waals surface area contributed by atoms with Gasteiger partial charge in [-0.25, -0.2) is 4.57 Å². The Labute approximate surface area is 465 Å². The molecular formula is C64H115O11P. The summed E-state index contributed by atoms with van der Waals surface area (Å²) in [5, 5.41) is 9.83. The highest BCUT2D eigenvalue weighted by molar-refractivity contribution is 7.47. The van der Waals surface area contributed by atoms with Crippen LogP contribution in [0.15, 0.2) is 60.8 Å². The molecule has 0 heterocycles. The van der Waals surface area contributed by atoms with E-state index in [-0.39, 0.29) is 25.9 Å². The molecule has 442 valence electrons. The van der Waals surface area contributed by atoms with Crippen LogP contribution in [-0.4, -0.2) is 66.5 Å². The minimum Gasteiger partial charge on any atom is -0.462 e. The summed E-state index contributed by atoms with van der Waals surface area (Å²) < 4.78 is 39.6. The zero-order chi connectivity index (χ0) is 55.5. The van der Waals surface area contributed by atoms with Gasteiger partial charge in [0.05, 0.1) is 19.8 Å². The van der Waals surface area contributed by atoms with Crippen LogP contribution in [0.3, 0.4) is 0 Å². The Hall–Kier alpha value is -2.82. The normalized spacial score (nSPS) is 13.7. The van der Waals surface area contributed by atoms with Crippen LogP contribution in [0.4, 0.5) is 0 Å². The van der Waals surface area contributed by atoms with Gasteiger partial charge in [-0.1, -0.05) is 248 Å². The van der Waals surface area contributed by atoms with Gasteiger partial charge in [0, 0.05) is 19.3 Å². The van der Waals surface area contributed by atoms with Crippen molar-refractivity contribution in [2.75, 3.05) is 26.4 Å². The highest BCUT2D eigenvalue weighted by atomic mass is 31.2. The van der Waals surface area contributed by atoms with Gasteiger partial charge in [-0.05, 0) is 83.5 Å². The molecule has 0 bridgehead atoms. The molecule has 0 aromatic rings. The fourth-order valence-electron chi connectivity index (χ4n) is 8.70. The molecule has 0 saturated heterocycles. The van der Waals surface area contributed by atoms with Gasteiger partial charge in [-0.2, -0.15) is 0 Å². The second-order valence-electron chi connectivity index (χ2n) is 20.8. The molecule has 0 aliphatic carbocycles. The van der Waals surface area contributed by atoms with Crippen molar-refractivity contribution in [3.8, 4) is 0 Å². The second kappa shape index (κ2) is 58.3. The van der Waals surface area contributed by atoms with Crippen LogP contribution in [0, 0.1) is 0 Å². The minimum atomic E-state index is -4.76. The summed E-state index contributed by atoms with van der Waals surface area (Å²) >= 11 is 0. The molecule has 0 aromatic heterocycles.